The van der Waals surface area contributed by atoms with Gasteiger partial charge in [0.15, 0.2) is 5.76 Å². The molecule has 0 bridgehead atoms. The van der Waals surface area contributed by atoms with Crippen LogP contribution in [-0.2, 0) is 9.53 Å². The first-order valence-corrected chi connectivity index (χ1v) is 13.0. The van der Waals surface area contributed by atoms with Gasteiger partial charge in [-0.25, -0.2) is 4.79 Å². The third kappa shape index (κ3) is 5.65. The topological polar surface area (TPSA) is 101 Å². The first-order chi connectivity index (χ1) is 18.9. The predicted molar refractivity (Wildman–Crippen MR) is 149 cm³/mol. The molecule has 3 amide bonds. The molecule has 1 saturated heterocycles. The number of benzene rings is 3. The van der Waals surface area contributed by atoms with Crippen molar-refractivity contribution < 1.29 is 23.5 Å². The highest BCUT2D eigenvalue weighted by Gasteiger charge is 2.28. The summed E-state index contributed by atoms with van der Waals surface area (Å²) in [6.45, 7) is 3.23. The highest BCUT2D eigenvalue weighted by Crippen LogP contribution is 2.31. The molecule has 3 aromatic carbocycles. The van der Waals surface area contributed by atoms with Crippen LogP contribution in [0.5, 0.6) is 0 Å². The van der Waals surface area contributed by atoms with Crippen molar-refractivity contribution in [2.45, 2.75) is 31.7 Å². The molecule has 200 valence electrons. The Balaban J connectivity index is 1.20. The Morgan fingerprint density at radius 3 is 2.26 bits per heavy atom. The van der Waals surface area contributed by atoms with Crippen molar-refractivity contribution in [3.05, 3.63) is 101 Å². The van der Waals surface area contributed by atoms with Gasteiger partial charge in [0.25, 0.3) is 11.8 Å². The van der Waals surface area contributed by atoms with E-state index in [9.17, 15) is 14.4 Å². The predicted octanol–water partition coefficient (Wildman–Crippen LogP) is 5.80. The first kappa shape index (κ1) is 26.0. The molecule has 39 heavy (non-hydrogen) atoms. The van der Waals surface area contributed by atoms with Gasteiger partial charge in [0.1, 0.15) is 11.6 Å². The maximum Gasteiger partial charge on any atom is 0.407 e. The molecule has 2 N–H and O–H groups in total. The zero-order valence-electron chi connectivity index (χ0n) is 22.0. The third-order valence-electron chi connectivity index (χ3n) is 7.31. The minimum atomic E-state index is -0.893. The lowest BCUT2D eigenvalue weighted by atomic mass is 9.89. The van der Waals surface area contributed by atoms with E-state index in [2.05, 4.69) is 10.6 Å². The molecule has 5 rings (SSSR count). The number of nitrogens with one attached hydrogen (secondary N) is 2. The van der Waals surface area contributed by atoms with Gasteiger partial charge < -0.3 is 24.7 Å². The SMILES string of the molecule is COC(=O)N[C@@H](C(=O)Nc1ccc(C2CCN(C(=O)c3oc4ccccc4c3C)CC2)cc1)c1ccccc1. The lowest BCUT2D eigenvalue weighted by molar-refractivity contribution is -0.118. The van der Waals surface area contributed by atoms with Crippen LogP contribution in [0, 0.1) is 6.92 Å². The summed E-state index contributed by atoms with van der Waals surface area (Å²) in [5.41, 5.74) is 4.05. The summed E-state index contributed by atoms with van der Waals surface area (Å²) in [7, 11) is 1.26. The number of nitrogens with zero attached hydrogens (tertiary/aromatic N) is 1. The van der Waals surface area contributed by atoms with Crippen molar-refractivity contribution in [1.82, 2.24) is 10.2 Å². The van der Waals surface area contributed by atoms with E-state index in [1.807, 2.05) is 66.4 Å². The molecule has 0 unspecified atom stereocenters. The third-order valence-corrected chi connectivity index (χ3v) is 7.31. The number of likely N-dealkylation sites (tertiary alicyclic amines) is 1. The molecular weight excluding hydrogens is 494 g/mol. The Kier molecular flexibility index (Phi) is 7.63. The average Bonchev–Trinajstić information content (AvgIpc) is 3.32. The van der Waals surface area contributed by atoms with Gasteiger partial charge in [-0.1, -0.05) is 60.7 Å². The largest absolute Gasteiger partial charge is 0.453 e. The highest BCUT2D eigenvalue weighted by molar-refractivity contribution is 5.99. The number of hydrogen-bond donors (Lipinski definition) is 2. The van der Waals surface area contributed by atoms with Crippen LogP contribution >= 0.6 is 0 Å². The standard InChI is InChI=1S/C31H31N3O5/c1-20-25-10-6-7-11-26(25)39-28(20)30(36)34-18-16-22(17-19-34)21-12-14-24(15-13-21)32-29(35)27(33-31(37)38-2)23-8-4-3-5-9-23/h3-15,22,27H,16-19H2,1-2H3,(H,32,35)(H,33,37)/t27-/m1/s1. The van der Waals surface area contributed by atoms with Crippen LogP contribution in [-0.4, -0.2) is 43.0 Å². The second-order valence-corrected chi connectivity index (χ2v) is 9.71. The molecule has 2 heterocycles. The second-order valence-electron chi connectivity index (χ2n) is 9.71. The first-order valence-electron chi connectivity index (χ1n) is 13.0. The lowest BCUT2D eigenvalue weighted by Crippen LogP contribution is -2.38. The summed E-state index contributed by atoms with van der Waals surface area (Å²) in [5.74, 6) is 0.305. The van der Waals surface area contributed by atoms with Crippen molar-refractivity contribution in [3.8, 4) is 0 Å². The molecular formula is C31H31N3O5. The van der Waals surface area contributed by atoms with Crippen LogP contribution in [0.3, 0.4) is 0 Å². The van der Waals surface area contributed by atoms with E-state index >= 15 is 0 Å². The van der Waals surface area contributed by atoms with E-state index < -0.39 is 12.1 Å². The van der Waals surface area contributed by atoms with E-state index in [0.717, 1.165) is 34.9 Å². The van der Waals surface area contributed by atoms with Crippen LogP contribution in [0.25, 0.3) is 11.0 Å². The fourth-order valence-corrected chi connectivity index (χ4v) is 5.11. The van der Waals surface area contributed by atoms with Crippen molar-refractivity contribution >= 4 is 34.6 Å². The van der Waals surface area contributed by atoms with Gasteiger partial charge in [-0.3, -0.25) is 9.59 Å². The van der Waals surface area contributed by atoms with Gasteiger partial charge in [0.2, 0.25) is 0 Å². The maximum absolute atomic E-state index is 13.2. The van der Waals surface area contributed by atoms with Gasteiger partial charge in [-0.05, 0) is 55.0 Å². The zero-order chi connectivity index (χ0) is 27.4. The van der Waals surface area contributed by atoms with Crippen molar-refractivity contribution in [1.29, 1.82) is 0 Å². The lowest BCUT2D eigenvalue weighted by Gasteiger charge is -2.32. The molecule has 1 aromatic heterocycles. The maximum atomic E-state index is 13.2. The summed E-state index contributed by atoms with van der Waals surface area (Å²) in [5, 5.41) is 6.45. The molecule has 0 aliphatic carbocycles. The summed E-state index contributed by atoms with van der Waals surface area (Å²) in [4.78, 5) is 39.9. The smallest absolute Gasteiger partial charge is 0.407 e. The van der Waals surface area contributed by atoms with E-state index in [1.165, 1.54) is 7.11 Å². The number of piperidine rings is 1. The molecule has 1 fully saturated rings. The van der Waals surface area contributed by atoms with Crippen LogP contribution < -0.4 is 10.6 Å². The normalized spacial score (nSPS) is 14.6. The quantitative estimate of drug-likeness (QED) is 0.332. The molecule has 0 saturated carbocycles. The van der Waals surface area contributed by atoms with E-state index in [1.54, 1.807) is 24.3 Å². The molecule has 0 spiro atoms. The molecule has 8 heteroatoms. The minimum Gasteiger partial charge on any atom is -0.453 e. The summed E-state index contributed by atoms with van der Waals surface area (Å²) in [6, 6.07) is 23.6. The number of fused-ring (bicyclic) bond motifs is 1. The number of amides is 3. The monoisotopic (exact) mass is 525 g/mol. The van der Waals surface area contributed by atoms with Crippen LogP contribution in [0.1, 0.15) is 52.0 Å². The number of methoxy groups -OCH3 is 1. The zero-order valence-corrected chi connectivity index (χ0v) is 22.0. The number of furan rings is 1. The van der Waals surface area contributed by atoms with Crippen LogP contribution in [0.4, 0.5) is 10.5 Å². The van der Waals surface area contributed by atoms with Crippen molar-refractivity contribution in [2.24, 2.45) is 0 Å². The Hall–Kier alpha value is -4.59. The van der Waals surface area contributed by atoms with Gasteiger partial charge in [-0.15, -0.1) is 0 Å². The number of alkyl carbamates (subject to hydrolysis) is 1. The number of rotatable bonds is 6. The number of carbonyl (C=O) groups is 3. The van der Waals surface area contributed by atoms with Gasteiger partial charge in [0, 0.05) is 29.7 Å². The Labute approximate surface area is 226 Å². The van der Waals surface area contributed by atoms with Gasteiger partial charge >= 0.3 is 6.09 Å². The molecule has 1 aliphatic rings. The number of anilines is 1. The number of hydrogen-bond acceptors (Lipinski definition) is 5. The fourth-order valence-electron chi connectivity index (χ4n) is 5.11. The van der Waals surface area contributed by atoms with E-state index in [-0.39, 0.29) is 11.8 Å². The van der Waals surface area contributed by atoms with E-state index in [0.29, 0.717) is 36.0 Å². The fraction of sp³-hybridized carbons (Fsp3) is 0.258. The van der Waals surface area contributed by atoms with Crippen molar-refractivity contribution in [2.75, 3.05) is 25.5 Å². The number of carbonyl (C=O) groups excluding carboxylic acids is 3. The van der Waals surface area contributed by atoms with Crippen LogP contribution in [0.2, 0.25) is 0 Å². The molecule has 4 aromatic rings. The number of para-hydroxylation sites is 1. The summed E-state index contributed by atoms with van der Waals surface area (Å²) in [6.07, 6.45) is 1.00. The van der Waals surface area contributed by atoms with Gasteiger partial charge in [-0.2, -0.15) is 0 Å². The Morgan fingerprint density at radius 2 is 1.59 bits per heavy atom. The van der Waals surface area contributed by atoms with Crippen molar-refractivity contribution in [3.63, 3.8) is 0 Å². The summed E-state index contributed by atoms with van der Waals surface area (Å²) < 4.78 is 10.6. The van der Waals surface area contributed by atoms with Gasteiger partial charge in [0.05, 0.1) is 7.11 Å². The summed E-state index contributed by atoms with van der Waals surface area (Å²) >= 11 is 0. The average molecular weight is 526 g/mol. The molecule has 8 nitrogen and oxygen atoms in total. The number of ether oxygens (including phenoxy) is 1. The molecule has 0 radical (unpaired) electrons. The Bertz CT molecular complexity index is 1470. The second kappa shape index (κ2) is 11.4. The van der Waals surface area contributed by atoms with Crippen LogP contribution in [0.15, 0.2) is 83.3 Å². The molecule has 1 aliphatic heterocycles. The Morgan fingerprint density at radius 1 is 0.923 bits per heavy atom. The minimum absolute atomic E-state index is 0.0613. The van der Waals surface area contributed by atoms with E-state index in [4.69, 9.17) is 9.15 Å². The molecule has 1 atom stereocenters. The number of aryl methyl sites for hydroxylation is 1. The highest BCUT2D eigenvalue weighted by atomic mass is 16.5.